The number of aromatic nitrogens is 4. The molecule has 0 fully saturated rings. The smallest absolute Gasteiger partial charge is 0.342 e. The van der Waals surface area contributed by atoms with Crippen LogP contribution in [0, 0.1) is 0 Å². The summed E-state index contributed by atoms with van der Waals surface area (Å²) in [5.41, 5.74) is -0.155. The van der Waals surface area contributed by atoms with Gasteiger partial charge in [-0.25, -0.2) is 14.6 Å². The molecule has 1 N–H and O–H groups in total. The molecular weight excluding hydrogens is 376 g/mol. The Morgan fingerprint density at radius 3 is 2.69 bits per heavy atom. The van der Waals surface area contributed by atoms with Gasteiger partial charge in [0.25, 0.3) is 5.56 Å². The van der Waals surface area contributed by atoms with E-state index in [0.717, 1.165) is 12.8 Å². The largest absolute Gasteiger partial charge is 0.493 e. The highest BCUT2D eigenvalue weighted by Crippen LogP contribution is 2.20. The summed E-state index contributed by atoms with van der Waals surface area (Å²) in [6.45, 7) is 4.56. The number of hydrogen-bond donors (Lipinski definition) is 1. The van der Waals surface area contributed by atoms with E-state index >= 15 is 0 Å². The molecule has 3 aromatic rings. The molecule has 2 heterocycles. The van der Waals surface area contributed by atoms with Gasteiger partial charge in [0.15, 0.2) is 11.2 Å². The number of hydrogen-bond acceptors (Lipinski definition) is 6. The minimum Gasteiger partial charge on any atom is -0.493 e. The lowest BCUT2D eigenvalue weighted by molar-refractivity contribution is 0.0455. The minimum atomic E-state index is -0.557. The molecule has 154 valence electrons. The topological polar surface area (TPSA) is 108 Å². The average molecular weight is 400 g/mol. The van der Waals surface area contributed by atoms with E-state index in [1.165, 1.54) is 9.13 Å². The van der Waals surface area contributed by atoms with Gasteiger partial charge in [-0.2, -0.15) is 0 Å². The third-order valence-corrected chi connectivity index (χ3v) is 4.58. The fraction of sp³-hybridized carbons (Fsp3) is 0.400. The van der Waals surface area contributed by atoms with E-state index < -0.39 is 17.2 Å². The van der Waals surface area contributed by atoms with E-state index in [1.54, 1.807) is 31.3 Å². The van der Waals surface area contributed by atoms with Crippen molar-refractivity contribution in [2.45, 2.75) is 39.8 Å². The minimum absolute atomic E-state index is 0.147. The van der Waals surface area contributed by atoms with Crippen LogP contribution in [0.5, 0.6) is 5.75 Å². The summed E-state index contributed by atoms with van der Waals surface area (Å²) in [5, 5.41) is 0. The summed E-state index contributed by atoms with van der Waals surface area (Å²) in [6.07, 6.45) is 1.67. The van der Waals surface area contributed by atoms with E-state index in [1.807, 2.05) is 13.8 Å². The molecule has 0 aliphatic rings. The molecular formula is C20H24N4O5. The number of aromatic amines is 1. The van der Waals surface area contributed by atoms with Gasteiger partial charge in [-0.3, -0.25) is 14.3 Å². The Morgan fingerprint density at radius 1 is 1.21 bits per heavy atom. The van der Waals surface area contributed by atoms with Crippen molar-refractivity contribution in [3.8, 4) is 5.75 Å². The summed E-state index contributed by atoms with van der Waals surface area (Å²) in [7, 11) is 1.65. The Balaban J connectivity index is 1.90. The van der Waals surface area contributed by atoms with Gasteiger partial charge in [0.2, 0.25) is 0 Å². The summed E-state index contributed by atoms with van der Waals surface area (Å²) in [5.74, 6) is 0.247. The number of carbonyl (C=O) groups is 1. The second-order valence-electron chi connectivity index (χ2n) is 6.53. The van der Waals surface area contributed by atoms with Crippen LogP contribution in [-0.4, -0.2) is 31.7 Å². The first kappa shape index (κ1) is 20.4. The molecule has 0 aliphatic heterocycles. The van der Waals surface area contributed by atoms with Gasteiger partial charge < -0.3 is 14.0 Å². The molecule has 29 heavy (non-hydrogen) atoms. The van der Waals surface area contributed by atoms with E-state index in [-0.39, 0.29) is 17.8 Å². The fourth-order valence-corrected chi connectivity index (χ4v) is 3.07. The number of rotatable bonds is 8. The number of fused-ring (bicyclic) bond motifs is 1. The van der Waals surface area contributed by atoms with Crippen molar-refractivity contribution in [2.75, 3.05) is 6.61 Å². The highest BCUT2D eigenvalue weighted by Gasteiger charge is 2.19. The first-order valence-electron chi connectivity index (χ1n) is 9.55. The molecule has 1 aromatic carbocycles. The van der Waals surface area contributed by atoms with Crippen LogP contribution < -0.4 is 16.0 Å². The van der Waals surface area contributed by atoms with Crippen molar-refractivity contribution in [1.82, 2.24) is 19.1 Å². The first-order valence-corrected chi connectivity index (χ1v) is 9.55. The maximum absolute atomic E-state index is 12.5. The van der Waals surface area contributed by atoms with Gasteiger partial charge in [0, 0.05) is 13.6 Å². The van der Waals surface area contributed by atoms with Gasteiger partial charge in [-0.15, -0.1) is 0 Å². The molecule has 0 amide bonds. The van der Waals surface area contributed by atoms with Gasteiger partial charge in [-0.05, 0) is 25.5 Å². The third kappa shape index (κ3) is 4.08. The SMILES string of the molecule is CCCCn1c(=O)[nH]c(=O)c2c1nc(COC(=O)c1ccccc1OCC)n2C. The predicted molar refractivity (Wildman–Crippen MR) is 107 cm³/mol. The lowest BCUT2D eigenvalue weighted by atomic mass is 10.2. The summed E-state index contributed by atoms with van der Waals surface area (Å²) in [4.78, 5) is 43.7. The number of imidazole rings is 1. The number of esters is 1. The van der Waals surface area contributed by atoms with Gasteiger partial charge in [0.1, 0.15) is 23.7 Å². The third-order valence-electron chi connectivity index (χ3n) is 4.58. The van der Waals surface area contributed by atoms with Gasteiger partial charge in [0.05, 0.1) is 6.61 Å². The normalized spacial score (nSPS) is 11.0. The van der Waals surface area contributed by atoms with Crippen molar-refractivity contribution in [2.24, 2.45) is 7.05 Å². The van der Waals surface area contributed by atoms with Gasteiger partial charge >= 0.3 is 11.7 Å². The van der Waals surface area contributed by atoms with Crippen molar-refractivity contribution < 1.29 is 14.3 Å². The Hall–Kier alpha value is -3.36. The molecule has 0 aliphatic carbocycles. The summed E-state index contributed by atoms with van der Waals surface area (Å²) in [6, 6.07) is 6.81. The van der Waals surface area contributed by atoms with Gasteiger partial charge in [-0.1, -0.05) is 25.5 Å². The van der Waals surface area contributed by atoms with Crippen LogP contribution in [0.4, 0.5) is 0 Å². The monoisotopic (exact) mass is 400 g/mol. The first-order chi connectivity index (χ1) is 14.0. The van der Waals surface area contributed by atoms with Crippen molar-refractivity contribution in [3.05, 3.63) is 56.5 Å². The summed E-state index contributed by atoms with van der Waals surface area (Å²) >= 11 is 0. The molecule has 0 bridgehead atoms. The maximum atomic E-state index is 12.5. The van der Waals surface area contributed by atoms with Crippen LogP contribution in [0.3, 0.4) is 0 Å². The number of unbranched alkanes of at least 4 members (excludes halogenated alkanes) is 1. The Kier molecular flexibility index (Phi) is 6.16. The molecule has 2 aromatic heterocycles. The van der Waals surface area contributed by atoms with Crippen molar-refractivity contribution in [3.63, 3.8) is 0 Å². The zero-order valence-electron chi connectivity index (χ0n) is 16.7. The second-order valence-corrected chi connectivity index (χ2v) is 6.53. The van der Waals surface area contributed by atoms with Crippen LogP contribution >= 0.6 is 0 Å². The lowest BCUT2D eigenvalue weighted by Crippen LogP contribution is -2.31. The van der Waals surface area contributed by atoms with Crippen LogP contribution in [0.2, 0.25) is 0 Å². The molecule has 9 nitrogen and oxygen atoms in total. The highest BCUT2D eigenvalue weighted by atomic mass is 16.5. The number of nitrogens with zero attached hydrogens (tertiary/aromatic N) is 3. The predicted octanol–water partition coefficient (Wildman–Crippen LogP) is 1.98. The standard InChI is InChI=1S/C20H24N4O5/c1-4-6-11-24-17-16(18(25)22-20(24)27)23(3)15(21-17)12-29-19(26)13-9-7-8-10-14(13)28-5-2/h7-10H,4-6,11-12H2,1-3H3,(H,22,25,27). The zero-order valence-corrected chi connectivity index (χ0v) is 16.7. The van der Waals surface area contributed by atoms with Crippen LogP contribution in [0.15, 0.2) is 33.9 Å². The van der Waals surface area contributed by atoms with E-state index in [4.69, 9.17) is 9.47 Å². The lowest BCUT2D eigenvalue weighted by Gasteiger charge is -2.09. The second kappa shape index (κ2) is 8.76. The van der Waals surface area contributed by atoms with Crippen LogP contribution in [0.1, 0.15) is 42.9 Å². The zero-order chi connectivity index (χ0) is 21.0. The number of aryl methyl sites for hydroxylation is 2. The van der Waals surface area contributed by atoms with Crippen molar-refractivity contribution in [1.29, 1.82) is 0 Å². The van der Waals surface area contributed by atoms with E-state index in [9.17, 15) is 14.4 Å². The fourth-order valence-electron chi connectivity index (χ4n) is 3.07. The number of H-pyrrole nitrogens is 1. The highest BCUT2D eigenvalue weighted by molar-refractivity contribution is 5.92. The van der Waals surface area contributed by atoms with Crippen molar-refractivity contribution >= 4 is 17.1 Å². The molecule has 0 radical (unpaired) electrons. The average Bonchev–Trinajstić information content (AvgIpc) is 3.03. The number of ether oxygens (including phenoxy) is 2. The van der Waals surface area contributed by atoms with Crippen LogP contribution in [-0.2, 0) is 24.9 Å². The van der Waals surface area contributed by atoms with E-state index in [0.29, 0.717) is 30.3 Å². The summed E-state index contributed by atoms with van der Waals surface area (Å²) < 4.78 is 13.8. The molecule has 0 atom stereocenters. The quantitative estimate of drug-likeness (QED) is 0.579. The molecule has 0 saturated heterocycles. The molecule has 0 unspecified atom stereocenters. The Bertz CT molecular complexity index is 1140. The molecule has 3 rings (SSSR count). The number of carbonyl (C=O) groups excluding carboxylic acids is 1. The molecule has 0 spiro atoms. The molecule has 0 saturated carbocycles. The maximum Gasteiger partial charge on any atom is 0.342 e. The molecule has 9 heteroatoms. The van der Waals surface area contributed by atoms with E-state index in [2.05, 4.69) is 9.97 Å². The Labute approximate surface area is 166 Å². The Morgan fingerprint density at radius 2 is 1.97 bits per heavy atom. The number of para-hydroxylation sites is 1. The number of benzene rings is 1. The number of nitrogens with one attached hydrogen (secondary N) is 1. The van der Waals surface area contributed by atoms with Crippen LogP contribution in [0.25, 0.3) is 11.2 Å².